The second-order valence-electron chi connectivity index (χ2n) is 3.93. The fourth-order valence-electron chi connectivity index (χ4n) is 1.75. The summed E-state index contributed by atoms with van der Waals surface area (Å²) < 4.78 is 1.58. The maximum absolute atomic E-state index is 12.3. The molecule has 0 bridgehead atoms. The van der Waals surface area contributed by atoms with Crippen LogP contribution < -0.4 is 16.6 Å². The van der Waals surface area contributed by atoms with Gasteiger partial charge in [0.1, 0.15) is 4.83 Å². The topological polar surface area (TPSA) is 72.9 Å². The Kier molecular flexibility index (Phi) is 3.78. The molecule has 0 amide bonds. The van der Waals surface area contributed by atoms with Crippen LogP contribution in [-0.4, -0.2) is 22.6 Å². The fraction of sp³-hybridized carbons (Fsp3) is 0.333. The van der Waals surface area contributed by atoms with Crippen molar-refractivity contribution >= 4 is 27.5 Å². The number of nitrogens with one attached hydrogen (secondary N) is 1. The Bertz CT molecular complexity index is 629. The van der Waals surface area contributed by atoms with Gasteiger partial charge in [0.15, 0.2) is 0 Å². The SMILES string of the molecule is C=CCn1c(NCCN)nc2sc(C)cc2c1=O. The summed E-state index contributed by atoms with van der Waals surface area (Å²) in [5.41, 5.74) is 5.42. The molecule has 0 aliphatic rings. The van der Waals surface area contributed by atoms with Crippen molar-refractivity contribution in [2.24, 2.45) is 5.73 Å². The lowest BCUT2D eigenvalue weighted by atomic mass is 10.3. The molecule has 96 valence electrons. The van der Waals surface area contributed by atoms with Crippen molar-refractivity contribution in [2.45, 2.75) is 13.5 Å². The smallest absolute Gasteiger partial charge is 0.263 e. The normalized spacial score (nSPS) is 10.8. The molecular formula is C12H16N4OS. The van der Waals surface area contributed by atoms with E-state index in [0.29, 0.717) is 31.0 Å². The van der Waals surface area contributed by atoms with Crippen LogP contribution in [0.5, 0.6) is 0 Å². The van der Waals surface area contributed by atoms with Gasteiger partial charge in [0.25, 0.3) is 5.56 Å². The quantitative estimate of drug-likeness (QED) is 0.799. The van der Waals surface area contributed by atoms with E-state index in [0.717, 1.165) is 9.71 Å². The van der Waals surface area contributed by atoms with Gasteiger partial charge in [-0.3, -0.25) is 9.36 Å². The molecule has 3 N–H and O–H groups in total. The molecule has 0 aromatic carbocycles. The summed E-state index contributed by atoms with van der Waals surface area (Å²) in [7, 11) is 0. The monoisotopic (exact) mass is 264 g/mol. The van der Waals surface area contributed by atoms with Gasteiger partial charge in [-0.05, 0) is 13.0 Å². The van der Waals surface area contributed by atoms with E-state index in [9.17, 15) is 4.79 Å². The summed E-state index contributed by atoms with van der Waals surface area (Å²) >= 11 is 1.52. The number of thiophene rings is 1. The molecular weight excluding hydrogens is 248 g/mol. The lowest BCUT2D eigenvalue weighted by Gasteiger charge is -2.11. The average molecular weight is 264 g/mol. The molecule has 0 unspecified atom stereocenters. The van der Waals surface area contributed by atoms with Crippen LogP contribution in [0.3, 0.4) is 0 Å². The molecule has 5 nitrogen and oxygen atoms in total. The van der Waals surface area contributed by atoms with Crippen LogP contribution in [0.15, 0.2) is 23.5 Å². The number of rotatable bonds is 5. The van der Waals surface area contributed by atoms with Gasteiger partial charge in [-0.15, -0.1) is 17.9 Å². The Morgan fingerprint density at radius 2 is 2.44 bits per heavy atom. The molecule has 2 heterocycles. The standard InChI is InChI=1S/C12H16N4OS/c1-3-6-16-11(17)9-7-8(2)18-10(9)15-12(16)14-5-4-13/h3,7H,1,4-6,13H2,2H3,(H,14,15). The first-order chi connectivity index (χ1) is 8.67. The van der Waals surface area contributed by atoms with E-state index in [2.05, 4.69) is 16.9 Å². The van der Waals surface area contributed by atoms with Crippen LogP contribution in [0, 0.1) is 6.92 Å². The minimum absolute atomic E-state index is 0.0382. The van der Waals surface area contributed by atoms with E-state index in [4.69, 9.17) is 5.73 Å². The van der Waals surface area contributed by atoms with Gasteiger partial charge in [-0.25, -0.2) is 4.98 Å². The number of allylic oxidation sites excluding steroid dienone is 1. The number of fused-ring (bicyclic) bond motifs is 1. The van der Waals surface area contributed by atoms with Gasteiger partial charge < -0.3 is 11.1 Å². The zero-order valence-corrected chi connectivity index (χ0v) is 11.1. The second-order valence-corrected chi connectivity index (χ2v) is 5.17. The Labute approximate surface area is 109 Å². The Balaban J connectivity index is 2.61. The predicted molar refractivity (Wildman–Crippen MR) is 76.4 cm³/mol. The fourth-order valence-corrected chi connectivity index (χ4v) is 2.62. The summed E-state index contributed by atoms with van der Waals surface area (Å²) in [6.07, 6.45) is 1.68. The number of aryl methyl sites for hydroxylation is 1. The third kappa shape index (κ3) is 2.30. The Morgan fingerprint density at radius 3 is 3.11 bits per heavy atom. The third-order valence-corrected chi connectivity index (χ3v) is 3.46. The van der Waals surface area contributed by atoms with Crippen LogP contribution in [0.1, 0.15) is 4.88 Å². The number of nitrogens with zero attached hydrogens (tertiary/aromatic N) is 2. The first-order valence-corrected chi connectivity index (χ1v) is 6.55. The summed E-state index contributed by atoms with van der Waals surface area (Å²) in [5.74, 6) is 0.555. The van der Waals surface area contributed by atoms with Gasteiger partial charge >= 0.3 is 0 Å². The van der Waals surface area contributed by atoms with Crippen LogP contribution >= 0.6 is 11.3 Å². The van der Waals surface area contributed by atoms with Gasteiger partial charge in [0.2, 0.25) is 5.95 Å². The molecule has 18 heavy (non-hydrogen) atoms. The largest absolute Gasteiger partial charge is 0.354 e. The number of hydrogen-bond donors (Lipinski definition) is 2. The molecule has 2 aromatic heterocycles. The molecule has 0 atom stereocenters. The molecule has 6 heteroatoms. The van der Waals surface area contributed by atoms with Crippen molar-refractivity contribution < 1.29 is 0 Å². The predicted octanol–water partition coefficient (Wildman–Crippen LogP) is 1.32. The Morgan fingerprint density at radius 1 is 1.67 bits per heavy atom. The van der Waals surface area contributed by atoms with Crippen molar-refractivity contribution in [3.05, 3.63) is 34.0 Å². The van der Waals surface area contributed by atoms with Crippen LogP contribution in [0.4, 0.5) is 5.95 Å². The zero-order valence-electron chi connectivity index (χ0n) is 10.3. The number of hydrogen-bond acceptors (Lipinski definition) is 5. The van der Waals surface area contributed by atoms with Gasteiger partial charge in [-0.2, -0.15) is 0 Å². The summed E-state index contributed by atoms with van der Waals surface area (Å²) in [6.45, 7) is 7.14. The number of aromatic nitrogens is 2. The van der Waals surface area contributed by atoms with E-state index < -0.39 is 0 Å². The van der Waals surface area contributed by atoms with E-state index in [1.54, 1.807) is 10.6 Å². The van der Waals surface area contributed by atoms with E-state index in [-0.39, 0.29) is 5.56 Å². The molecule has 2 rings (SSSR count). The summed E-state index contributed by atoms with van der Waals surface area (Å²) in [5, 5.41) is 3.74. The molecule has 0 fully saturated rings. The molecule has 2 aromatic rings. The second kappa shape index (κ2) is 5.32. The van der Waals surface area contributed by atoms with Crippen molar-refractivity contribution in [1.29, 1.82) is 0 Å². The lowest BCUT2D eigenvalue weighted by Crippen LogP contribution is -2.26. The van der Waals surface area contributed by atoms with Crippen LogP contribution in [-0.2, 0) is 6.54 Å². The number of nitrogens with two attached hydrogens (primary N) is 1. The van der Waals surface area contributed by atoms with Crippen molar-refractivity contribution in [2.75, 3.05) is 18.4 Å². The number of anilines is 1. The highest BCUT2D eigenvalue weighted by atomic mass is 32.1. The van der Waals surface area contributed by atoms with Gasteiger partial charge in [0.05, 0.1) is 5.39 Å². The molecule has 0 radical (unpaired) electrons. The van der Waals surface area contributed by atoms with Crippen molar-refractivity contribution in [3.8, 4) is 0 Å². The maximum atomic E-state index is 12.3. The van der Waals surface area contributed by atoms with Crippen LogP contribution in [0.25, 0.3) is 10.2 Å². The average Bonchev–Trinajstić information content (AvgIpc) is 2.72. The van der Waals surface area contributed by atoms with E-state index in [1.165, 1.54) is 11.3 Å². The minimum Gasteiger partial charge on any atom is -0.354 e. The van der Waals surface area contributed by atoms with E-state index in [1.807, 2.05) is 13.0 Å². The molecule has 0 saturated carbocycles. The highest BCUT2D eigenvalue weighted by Crippen LogP contribution is 2.21. The van der Waals surface area contributed by atoms with Crippen molar-refractivity contribution in [3.63, 3.8) is 0 Å². The zero-order chi connectivity index (χ0) is 13.1. The van der Waals surface area contributed by atoms with Gasteiger partial charge in [-0.1, -0.05) is 6.08 Å². The molecule has 0 aliphatic heterocycles. The van der Waals surface area contributed by atoms with Crippen molar-refractivity contribution in [1.82, 2.24) is 9.55 Å². The summed E-state index contributed by atoms with van der Waals surface area (Å²) in [6, 6.07) is 1.88. The first-order valence-electron chi connectivity index (χ1n) is 5.73. The first kappa shape index (κ1) is 12.8. The van der Waals surface area contributed by atoms with Gasteiger partial charge in [0, 0.05) is 24.5 Å². The highest BCUT2D eigenvalue weighted by Gasteiger charge is 2.11. The Hall–Kier alpha value is -1.66. The molecule has 0 aliphatic carbocycles. The van der Waals surface area contributed by atoms with E-state index >= 15 is 0 Å². The minimum atomic E-state index is -0.0382. The molecule has 0 saturated heterocycles. The third-order valence-electron chi connectivity index (χ3n) is 2.51. The summed E-state index contributed by atoms with van der Waals surface area (Å²) in [4.78, 5) is 18.6. The highest BCUT2D eigenvalue weighted by molar-refractivity contribution is 7.18. The maximum Gasteiger partial charge on any atom is 0.263 e. The molecule has 0 spiro atoms. The van der Waals surface area contributed by atoms with Crippen LogP contribution in [0.2, 0.25) is 0 Å². The lowest BCUT2D eigenvalue weighted by molar-refractivity contribution is 0.770.